The van der Waals surface area contributed by atoms with Crippen LogP contribution in [-0.4, -0.2) is 6.41 Å². The van der Waals surface area contributed by atoms with E-state index in [4.69, 9.17) is 10.7 Å². The first-order valence-electron chi connectivity index (χ1n) is 0.883. The minimum absolute atomic E-state index is 0.512. The first-order chi connectivity index (χ1) is 2.41. The summed E-state index contributed by atoms with van der Waals surface area (Å²) < 4.78 is 2.11. The molecule has 0 aromatic rings. The van der Waals surface area contributed by atoms with Crippen molar-refractivity contribution in [2.45, 2.75) is 0 Å². The predicted molar refractivity (Wildman–Crippen MR) is 22.6 cm³/mol. The zero-order chi connectivity index (χ0) is 4.12. The van der Waals surface area contributed by atoms with E-state index in [0.29, 0.717) is 6.41 Å². The van der Waals surface area contributed by atoms with Crippen LogP contribution >= 0.6 is 21.8 Å². The molecule has 0 heterocycles. The molecule has 0 rings (SSSR count). The molecule has 0 saturated carbocycles. The smallest absolute Gasteiger partial charge is 0.217 e. The Labute approximate surface area is 38.5 Å². The Kier molecular flexibility index (Phi) is 4.20. The fourth-order valence-electron chi connectivity index (χ4n) is 0.0182. The monoisotopic (exact) mass is 111 g/mol. The number of carbonyl (C=O) groups excluding carboxylic acids is 1. The van der Waals surface area contributed by atoms with Crippen molar-refractivity contribution < 1.29 is 4.79 Å². The van der Waals surface area contributed by atoms with Crippen molar-refractivity contribution in [3.05, 3.63) is 0 Å². The first kappa shape index (κ1) is 5.11. The van der Waals surface area contributed by atoms with Crippen molar-refractivity contribution in [2.24, 2.45) is 0 Å². The summed E-state index contributed by atoms with van der Waals surface area (Å²) in [6.45, 7) is 0. The van der Waals surface area contributed by atoms with E-state index in [-0.39, 0.29) is 0 Å². The molecule has 0 bridgehead atoms. The van der Waals surface area contributed by atoms with Crippen LogP contribution in [0.25, 0.3) is 0 Å². The maximum Gasteiger partial charge on any atom is 0.217 e. The summed E-state index contributed by atoms with van der Waals surface area (Å²) in [7, 11) is 4.88. The van der Waals surface area contributed by atoms with Crippen LogP contribution < -0.4 is 4.72 Å². The van der Waals surface area contributed by atoms with Crippen LogP contribution in [0, 0.1) is 0 Å². The van der Waals surface area contributed by atoms with Gasteiger partial charge in [0.1, 0.15) is 0 Å². The number of hydrogen-bond acceptors (Lipinski definition) is 2. The van der Waals surface area contributed by atoms with Crippen molar-refractivity contribution in [1.29, 1.82) is 0 Å². The zero-order valence-corrected chi connectivity index (χ0v) is 3.84. The van der Waals surface area contributed by atoms with Gasteiger partial charge >= 0.3 is 0 Å². The number of carbonyl (C=O) groups is 1. The SMILES string of the molecule is O=CNSCl. The number of nitrogens with one attached hydrogen (secondary N) is 1. The van der Waals surface area contributed by atoms with E-state index in [1.165, 1.54) is 0 Å². The summed E-state index contributed by atoms with van der Waals surface area (Å²) in [6.07, 6.45) is 0.512. The molecule has 0 radical (unpaired) electrons. The van der Waals surface area contributed by atoms with E-state index in [1.54, 1.807) is 0 Å². The molecule has 0 unspecified atom stereocenters. The Morgan fingerprint density at radius 2 is 2.60 bits per heavy atom. The highest BCUT2D eigenvalue weighted by molar-refractivity contribution is 8.19. The molecule has 0 aromatic heterocycles. The summed E-state index contributed by atoms with van der Waals surface area (Å²) >= 11 is 0.756. The fraction of sp³-hybridized carbons (Fsp3) is 0. The van der Waals surface area contributed by atoms with E-state index in [1.807, 2.05) is 0 Å². The van der Waals surface area contributed by atoms with Crippen LogP contribution in [0.2, 0.25) is 0 Å². The number of halogens is 1. The summed E-state index contributed by atoms with van der Waals surface area (Å²) in [5, 5.41) is 0. The van der Waals surface area contributed by atoms with Crippen molar-refractivity contribution in [3.8, 4) is 0 Å². The molecule has 0 aliphatic carbocycles. The van der Waals surface area contributed by atoms with Crippen LogP contribution in [-0.2, 0) is 4.79 Å². The lowest BCUT2D eigenvalue weighted by atomic mass is 11.5. The van der Waals surface area contributed by atoms with E-state index in [2.05, 4.69) is 4.72 Å². The number of hydrogen-bond donors (Lipinski definition) is 1. The van der Waals surface area contributed by atoms with Crippen LogP contribution in [0.4, 0.5) is 0 Å². The maximum atomic E-state index is 9.19. The quantitative estimate of drug-likeness (QED) is 0.416. The largest absolute Gasteiger partial charge is 0.289 e. The van der Waals surface area contributed by atoms with Gasteiger partial charge in [0.05, 0.1) is 11.2 Å². The Balaban J connectivity index is 2.40. The molecule has 0 saturated heterocycles. The second-order valence-corrected chi connectivity index (χ2v) is 1.17. The highest BCUT2D eigenvalue weighted by Crippen LogP contribution is 1.93. The van der Waals surface area contributed by atoms with Gasteiger partial charge in [-0.05, 0) is 10.7 Å². The molecule has 30 valence electrons. The Morgan fingerprint density at radius 1 is 2.00 bits per heavy atom. The van der Waals surface area contributed by atoms with E-state index >= 15 is 0 Å². The molecular weight excluding hydrogens is 110 g/mol. The number of rotatable bonds is 2. The standard InChI is InChI=1S/CH2ClNOS/c2-5-3-1-4/h1H,(H,3,4). The topological polar surface area (TPSA) is 29.1 Å². The molecule has 5 heavy (non-hydrogen) atoms. The van der Waals surface area contributed by atoms with Crippen LogP contribution in [0.5, 0.6) is 0 Å². The predicted octanol–water partition coefficient (Wildman–Crippen LogP) is 0.534. The minimum Gasteiger partial charge on any atom is -0.289 e. The van der Waals surface area contributed by atoms with Crippen LogP contribution in [0.3, 0.4) is 0 Å². The lowest BCUT2D eigenvalue weighted by Crippen LogP contribution is -1.91. The van der Waals surface area contributed by atoms with E-state index in [9.17, 15) is 4.79 Å². The second kappa shape index (κ2) is 4.11. The molecule has 2 nitrogen and oxygen atoms in total. The average molecular weight is 112 g/mol. The van der Waals surface area contributed by atoms with E-state index in [0.717, 1.165) is 11.2 Å². The van der Waals surface area contributed by atoms with Gasteiger partial charge in [0.25, 0.3) is 0 Å². The Morgan fingerprint density at radius 3 is 2.60 bits per heavy atom. The van der Waals surface area contributed by atoms with Gasteiger partial charge in [-0.25, -0.2) is 0 Å². The van der Waals surface area contributed by atoms with Crippen LogP contribution in [0.15, 0.2) is 0 Å². The Hall–Kier alpha value is 0.110. The molecular formula is CH2ClNOS. The van der Waals surface area contributed by atoms with Crippen molar-refractivity contribution in [2.75, 3.05) is 0 Å². The minimum atomic E-state index is 0.512. The first-order valence-corrected chi connectivity index (χ1v) is 2.53. The number of amides is 1. The van der Waals surface area contributed by atoms with Crippen molar-refractivity contribution in [1.82, 2.24) is 4.72 Å². The lowest BCUT2D eigenvalue weighted by Gasteiger charge is -1.73. The zero-order valence-electron chi connectivity index (χ0n) is 2.27. The molecule has 0 aliphatic heterocycles. The highest BCUT2D eigenvalue weighted by atomic mass is 35.7. The molecule has 1 N–H and O–H groups in total. The Bertz CT molecular complexity index is 32.8. The van der Waals surface area contributed by atoms with Gasteiger partial charge in [0, 0.05) is 0 Å². The molecule has 0 atom stereocenters. The summed E-state index contributed by atoms with van der Waals surface area (Å²) in [4.78, 5) is 9.19. The summed E-state index contributed by atoms with van der Waals surface area (Å²) in [6, 6.07) is 0. The molecule has 0 spiro atoms. The van der Waals surface area contributed by atoms with Gasteiger partial charge < -0.3 is 0 Å². The highest BCUT2D eigenvalue weighted by Gasteiger charge is 1.63. The van der Waals surface area contributed by atoms with Crippen molar-refractivity contribution in [3.63, 3.8) is 0 Å². The second-order valence-electron chi connectivity index (χ2n) is 0.313. The fourth-order valence-corrected chi connectivity index (χ4v) is 0.164. The third-order valence-electron chi connectivity index (χ3n) is 0.0927. The lowest BCUT2D eigenvalue weighted by molar-refractivity contribution is -0.107. The van der Waals surface area contributed by atoms with Gasteiger partial charge in [-0.2, -0.15) is 0 Å². The van der Waals surface area contributed by atoms with Gasteiger partial charge in [-0.3, -0.25) is 9.52 Å². The molecule has 0 aliphatic rings. The van der Waals surface area contributed by atoms with Crippen molar-refractivity contribution >= 4 is 28.3 Å². The average Bonchev–Trinajstić information content (AvgIpc) is 1.41. The van der Waals surface area contributed by atoms with Gasteiger partial charge in [0.2, 0.25) is 6.41 Å². The summed E-state index contributed by atoms with van der Waals surface area (Å²) in [5.74, 6) is 0. The molecule has 1 amide bonds. The molecule has 4 heteroatoms. The third-order valence-corrected chi connectivity index (χ3v) is 0.545. The van der Waals surface area contributed by atoms with Gasteiger partial charge in [-0.15, -0.1) is 0 Å². The normalized spacial score (nSPS) is 6.60. The molecule has 0 aromatic carbocycles. The summed E-state index contributed by atoms with van der Waals surface area (Å²) in [5.41, 5.74) is 0. The third kappa shape index (κ3) is 4.11. The maximum absolute atomic E-state index is 9.19. The molecule has 0 fully saturated rings. The van der Waals surface area contributed by atoms with Gasteiger partial charge in [-0.1, -0.05) is 0 Å². The van der Waals surface area contributed by atoms with Crippen LogP contribution in [0.1, 0.15) is 0 Å². The van der Waals surface area contributed by atoms with E-state index < -0.39 is 0 Å². The van der Waals surface area contributed by atoms with Gasteiger partial charge in [0.15, 0.2) is 0 Å².